The van der Waals surface area contributed by atoms with Gasteiger partial charge in [0.25, 0.3) is 0 Å². The topological polar surface area (TPSA) is 54.9 Å². The van der Waals surface area contributed by atoms with E-state index >= 15 is 0 Å². The van der Waals surface area contributed by atoms with Gasteiger partial charge < -0.3 is 5.32 Å². The summed E-state index contributed by atoms with van der Waals surface area (Å²) in [6.45, 7) is 4.10. The Hall–Kier alpha value is -2.11. The average molecular weight is 358 g/mol. The van der Waals surface area contributed by atoms with Gasteiger partial charge in [0.05, 0.1) is 22.0 Å². The van der Waals surface area contributed by atoms with Crippen LogP contribution in [0.25, 0.3) is 10.9 Å². The van der Waals surface area contributed by atoms with Gasteiger partial charge in [-0.3, -0.25) is 4.79 Å². The Morgan fingerprint density at radius 3 is 2.83 bits per heavy atom. The maximum Gasteiger partial charge on any atom is 0.234 e. The lowest BCUT2D eigenvalue weighted by molar-refractivity contribution is -0.113. The van der Waals surface area contributed by atoms with Crippen LogP contribution in [0.4, 0.5) is 5.69 Å². The molecule has 0 bridgehead atoms. The highest BCUT2D eigenvalue weighted by molar-refractivity contribution is 7.99. The van der Waals surface area contributed by atoms with Crippen LogP contribution in [0.1, 0.15) is 11.1 Å². The third kappa shape index (κ3) is 3.68. The number of amides is 1. The van der Waals surface area contributed by atoms with E-state index in [1.807, 2.05) is 25.1 Å². The lowest BCUT2D eigenvalue weighted by Crippen LogP contribution is -2.14. The molecule has 4 nitrogen and oxygen atoms in total. The molecule has 0 aliphatic heterocycles. The normalized spacial score (nSPS) is 10.8. The Balaban J connectivity index is 1.73. The van der Waals surface area contributed by atoms with E-state index in [0.29, 0.717) is 5.69 Å². The number of nitrogens with zero attached hydrogens (tertiary/aromatic N) is 2. The lowest BCUT2D eigenvalue weighted by atomic mass is 10.1. The van der Waals surface area contributed by atoms with Gasteiger partial charge in [-0.05, 0) is 43.2 Å². The number of thioether (sulfide) groups is 1. The van der Waals surface area contributed by atoms with Gasteiger partial charge in [-0.15, -0.1) is 0 Å². The molecule has 0 atom stereocenters. The van der Waals surface area contributed by atoms with Crippen LogP contribution in [0.2, 0.25) is 5.15 Å². The Bertz CT molecular complexity index is 914. The largest absolute Gasteiger partial charge is 0.323 e. The molecular weight excluding hydrogens is 342 g/mol. The third-order valence-corrected chi connectivity index (χ3v) is 4.82. The second-order valence-corrected chi connectivity index (χ2v) is 6.78. The maximum atomic E-state index is 12.1. The van der Waals surface area contributed by atoms with Gasteiger partial charge in [0, 0.05) is 11.6 Å². The molecule has 2 aromatic heterocycles. The smallest absolute Gasteiger partial charge is 0.234 e. The van der Waals surface area contributed by atoms with Crippen LogP contribution < -0.4 is 5.32 Å². The number of anilines is 1. The summed E-state index contributed by atoms with van der Waals surface area (Å²) in [6.07, 6.45) is 1.58. The summed E-state index contributed by atoms with van der Waals surface area (Å²) in [6, 6.07) is 11.6. The van der Waals surface area contributed by atoms with Crippen LogP contribution in [-0.2, 0) is 4.79 Å². The molecule has 122 valence electrons. The molecule has 1 amide bonds. The van der Waals surface area contributed by atoms with Gasteiger partial charge in [0.15, 0.2) is 5.15 Å². The first-order chi connectivity index (χ1) is 11.5. The zero-order valence-corrected chi connectivity index (χ0v) is 14.9. The molecule has 6 heteroatoms. The van der Waals surface area contributed by atoms with E-state index < -0.39 is 0 Å². The van der Waals surface area contributed by atoms with Crippen molar-refractivity contribution in [3.8, 4) is 0 Å². The molecular formula is C18H16ClN3OS. The first kappa shape index (κ1) is 16.7. The molecule has 3 rings (SSSR count). The highest BCUT2D eigenvalue weighted by Gasteiger charge is 2.09. The van der Waals surface area contributed by atoms with Crippen molar-refractivity contribution in [2.45, 2.75) is 18.9 Å². The average Bonchev–Trinajstić information content (AvgIpc) is 2.56. The van der Waals surface area contributed by atoms with Crippen molar-refractivity contribution in [2.75, 3.05) is 11.1 Å². The van der Waals surface area contributed by atoms with Crippen LogP contribution >= 0.6 is 23.4 Å². The van der Waals surface area contributed by atoms with E-state index in [4.69, 9.17) is 11.6 Å². The summed E-state index contributed by atoms with van der Waals surface area (Å²) in [5.41, 5.74) is 3.78. The first-order valence-corrected chi connectivity index (χ1v) is 8.81. The van der Waals surface area contributed by atoms with E-state index in [1.165, 1.54) is 11.8 Å². The standard InChI is InChI=1S/C18H16ClN3OS/c1-11-5-3-6-13-12(2)9-16(22-17(11)13)24-10-15(23)21-14-7-4-8-20-18(14)19/h3-9H,10H2,1-2H3,(H,21,23). The van der Waals surface area contributed by atoms with Crippen LogP contribution in [0, 0.1) is 13.8 Å². The number of carbonyl (C=O) groups is 1. The highest BCUT2D eigenvalue weighted by atomic mass is 35.5. The molecule has 2 heterocycles. The fourth-order valence-corrected chi connectivity index (χ4v) is 3.34. The molecule has 3 aromatic rings. The van der Waals surface area contributed by atoms with Crippen molar-refractivity contribution in [3.63, 3.8) is 0 Å². The van der Waals surface area contributed by atoms with Gasteiger partial charge >= 0.3 is 0 Å². The molecule has 0 aliphatic carbocycles. The Morgan fingerprint density at radius 1 is 1.21 bits per heavy atom. The number of halogens is 1. The van der Waals surface area contributed by atoms with Gasteiger partial charge in [-0.1, -0.05) is 41.6 Å². The number of hydrogen-bond donors (Lipinski definition) is 1. The van der Waals surface area contributed by atoms with Crippen molar-refractivity contribution in [1.29, 1.82) is 0 Å². The number of aromatic nitrogens is 2. The molecule has 0 saturated heterocycles. The zero-order valence-electron chi connectivity index (χ0n) is 13.3. The molecule has 24 heavy (non-hydrogen) atoms. The predicted molar refractivity (Wildman–Crippen MR) is 99.8 cm³/mol. The van der Waals surface area contributed by atoms with E-state index in [0.717, 1.165) is 27.1 Å². The van der Waals surface area contributed by atoms with Crippen LogP contribution in [0.5, 0.6) is 0 Å². The number of benzene rings is 1. The number of rotatable bonds is 4. The second-order valence-electron chi connectivity index (χ2n) is 5.43. The molecule has 0 spiro atoms. The summed E-state index contributed by atoms with van der Waals surface area (Å²) >= 11 is 7.35. The zero-order chi connectivity index (χ0) is 17.1. The lowest BCUT2D eigenvalue weighted by Gasteiger charge is -2.09. The van der Waals surface area contributed by atoms with Crippen molar-refractivity contribution < 1.29 is 4.79 Å². The quantitative estimate of drug-likeness (QED) is 0.546. The fourth-order valence-electron chi connectivity index (χ4n) is 2.41. The van der Waals surface area contributed by atoms with Crippen LogP contribution in [-0.4, -0.2) is 21.6 Å². The monoisotopic (exact) mass is 357 g/mol. The molecule has 0 saturated carbocycles. The summed E-state index contributed by atoms with van der Waals surface area (Å²) in [4.78, 5) is 20.7. The first-order valence-electron chi connectivity index (χ1n) is 7.45. The van der Waals surface area contributed by atoms with Crippen LogP contribution in [0.3, 0.4) is 0 Å². The fraction of sp³-hybridized carbons (Fsp3) is 0.167. The molecule has 0 fully saturated rings. The minimum atomic E-state index is -0.140. The van der Waals surface area contributed by atoms with Crippen molar-refractivity contribution >= 4 is 45.9 Å². The number of fused-ring (bicyclic) bond motifs is 1. The van der Waals surface area contributed by atoms with Gasteiger partial charge in [-0.2, -0.15) is 0 Å². The van der Waals surface area contributed by atoms with Crippen molar-refractivity contribution in [2.24, 2.45) is 0 Å². The summed E-state index contributed by atoms with van der Waals surface area (Å²) < 4.78 is 0. The molecule has 0 aliphatic rings. The van der Waals surface area contributed by atoms with E-state index in [1.54, 1.807) is 18.3 Å². The molecule has 0 radical (unpaired) electrons. The van der Waals surface area contributed by atoms with Gasteiger partial charge in [-0.25, -0.2) is 9.97 Å². The molecule has 1 aromatic carbocycles. The Morgan fingerprint density at radius 2 is 2.04 bits per heavy atom. The summed E-state index contributed by atoms with van der Waals surface area (Å²) in [5.74, 6) is 0.119. The maximum absolute atomic E-state index is 12.1. The molecule has 1 N–H and O–H groups in total. The number of carbonyl (C=O) groups excluding carboxylic acids is 1. The number of hydrogen-bond acceptors (Lipinski definition) is 4. The number of aryl methyl sites for hydroxylation is 2. The SMILES string of the molecule is Cc1cc(SCC(=O)Nc2cccnc2Cl)nc2c(C)cccc12. The third-order valence-electron chi connectivity index (χ3n) is 3.61. The van der Waals surface area contributed by atoms with E-state index in [2.05, 4.69) is 28.3 Å². The molecule has 0 unspecified atom stereocenters. The second kappa shape index (κ2) is 7.20. The van der Waals surface area contributed by atoms with E-state index in [9.17, 15) is 4.79 Å². The van der Waals surface area contributed by atoms with Crippen molar-refractivity contribution in [3.05, 3.63) is 58.9 Å². The Kier molecular flexibility index (Phi) is 5.02. The Labute approximate surface area is 149 Å². The highest BCUT2D eigenvalue weighted by Crippen LogP contribution is 2.26. The van der Waals surface area contributed by atoms with E-state index in [-0.39, 0.29) is 16.8 Å². The summed E-state index contributed by atoms with van der Waals surface area (Å²) in [7, 11) is 0. The summed E-state index contributed by atoms with van der Waals surface area (Å²) in [5, 5.41) is 5.02. The minimum absolute atomic E-state index is 0.140. The van der Waals surface area contributed by atoms with Gasteiger partial charge in [0.1, 0.15) is 0 Å². The predicted octanol–water partition coefficient (Wildman–Crippen LogP) is 4.63. The van der Waals surface area contributed by atoms with Crippen LogP contribution in [0.15, 0.2) is 47.6 Å². The number of para-hydroxylation sites is 1. The van der Waals surface area contributed by atoms with Gasteiger partial charge in [0.2, 0.25) is 5.91 Å². The number of nitrogens with one attached hydrogen (secondary N) is 1. The number of pyridine rings is 2. The minimum Gasteiger partial charge on any atom is -0.323 e. The van der Waals surface area contributed by atoms with Crippen molar-refractivity contribution in [1.82, 2.24) is 9.97 Å².